The number of hydrogen-bond donors (Lipinski definition) is 2. The summed E-state index contributed by atoms with van der Waals surface area (Å²) in [6, 6.07) is 5.47. The summed E-state index contributed by atoms with van der Waals surface area (Å²) in [5, 5.41) is 10.2. The summed E-state index contributed by atoms with van der Waals surface area (Å²) in [6.07, 6.45) is -0.605. The highest BCUT2D eigenvalue weighted by Gasteiger charge is 2.28. The smallest absolute Gasteiger partial charge is 0.231 e. The van der Waals surface area contributed by atoms with Gasteiger partial charge in [0.15, 0.2) is 11.5 Å². The third-order valence-electron chi connectivity index (χ3n) is 2.98. The topological polar surface area (TPSA) is 64.7 Å². The Bertz CT molecular complexity index is 390. The molecule has 4 nitrogen and oxygen atoms in total. The number of nitrogens with two attached hydrogens (primary N) is 1. The van der Waals surface area contributed by atoms with Gasteiger partial charge in [0.2, 0.25) is 6.79 Å². The largest absolute Gasteiger partial charge is 0.454 e. The van der Waals surface area contributed by atoms with Crippen molar-refractivity contribution >= 4 is 0 Å². The molecule has 88 valence electrons. The van der Waals surface area contributed by atoms with Gasteiger partial charge in [-0.25, -0.2) is 0 Å². The van der Waals surface area contributed by atoms with E-state index in [1.165, 1.54) is 0 Å². The van der Waals surface area contributed by atoms with Gasteiger partial charge in [-0.15, -0.1) is 0 Å². The number of aliphatic hydroxyl groups excluding tert-OH is 1. The second kappa shape index (κ2) is 3.96. The van der Waals surface area contributed by atoms with Crippen LogP contribution in [0.5, 0.6) is 11.5 Å². The molecule has 16 heavy (non-hydrogen) atoms. The van der Waals surface area contributed by atoms with E-state index in [-0.39, 0.29) is 12.2 Å². The normalized spacial score (nSPS) is 16.2. The molecule has 1 unspecified atom stereocenters. The van der Waals surface area contributed by atoms with Crippen LogP contribution in [0.3, 0.4) is 0 Å². The van der Waals surface area contributed by atoms with E-state index in [0.29, 0.717) is 12.3 Å². The Hall–Kier alpha value is -1.26. The standard InChI is InChI=1S/C12H17NO3/c1-12(2,6-13)11(14)8-3-4-9-10(5-8)16-7-15-9/h3-5,11,14H,6-7,13H2,1-2H3. The lowest BCUT2D eigenvalue weighted by Crippen LogP contribution is -2.30. The molecule has 0 saturated heterocycles. The van der Waals surface area contributed by atoms with Gasteiger partial charge in [-0.2, -0.15) is 0 Å². The van der Waals surface area contributed by atoms with Crippen LogP contribution in [0.25, 0.3) is 0 Å². The SMILES string of the molecule is CC(C)(CN)C(O)c1ccc2c(c1)OCO2. The first-order valence-corrected chi connectivity index (χ1v) is 5.32. The van der Waals surface area contributed by atoms with Crippen LogP contribution < -0.4 is 15.2 Å². The van der Waals surface area contributed by atoms with Gasteiger partial charge in [-0.05, 0) is 17.7 Å². The van der Waals surface area contributed by atoms with Gasteiger partial charge < -0.3 is 20.3 Å². The van der Waals surface area contributed by atoms with Gasteiger partial charge in [-0.1, -0.05) is 19.9 Å². The second-order valence-electron chi connectivity index (χ2n) is 4.71. The van der Waals surface area contributed by atoms with E-state index in [0.717, 1.165) is 11.3 Å². The third kappa shape index (κ3) is 1.86. The van der Waals surface area contributed by atoms with E-state index in [1.54, 1.807) is 0 Å². The van der Waals surface area contributed by atoms with E-state index < -0.39 is 6.10 Å². The minimum atomic E-state index is -0.605. The molecule has 0 radical (unpaired) electrons. The molecular weight excluding hydrogens is 206 g/mol. The first-order chi connectivity index (χ1) is 7.54. The van der Waals surface area contributed by atoms with Crippen molar-refractivity contribution in [3.05, 3.63) is 23.8 Å². The lowest BCUT2D eigenvalue weighted by Gasteiger charge is -2.29. The summed E-state index contributed by atoms with van der Waals surface area (Å²) < 4.78 is 10.5. The van der Waals surface area contributed by atoms with Crippen molar-refractivity contribution in [2.45, 2.75) is 20.0 Å². The van der Waals surface area contributed by atoms with E-state index in [9.17, 15) is 5.11 Å². The predicted octanol–water partition coefficient (Wildman–Crippen LogP) is 1.43. The van der Waals surface area contributed by atoms with Crippen molar-refractivity contribution in [1.29, 1.82) is 0 Å². The van der Waals surface area contributed by atoms with Gasteiger partial charge >= 0.3 is 0 Å². The van der Waals surface area contributed by atoms with E-state index in [1.807, 2.05) is 32.0 Å². The molecule has 3 N–H and O–H groups in total. The summed E-state index contributed by atoms with van der Waals surface area (Å²) in [5.74, 6) is 1.41. The van der Waals surface area contributed by atoms with E-state index >= 15 is 0 Å². The predicted molar refractivity (Wildman–Crippen MR) is 60.4 cm³/mol. The Kier molecular flexibility index (Phi) is 2.78. The minimum Gasteiger partial charge on any atom is -0.454 e. The number of fused-ring (bicyclic) bond motifs is 1. The van der Waals surface area contributed by atoms with Crippen molar-refractivity contribution in [3.63, 3.8) is 0 Å². The molecule has 0 bridgehead atoms. The average Bonchev–Trinajstić information content (AvgIpc) is 2.74. The van der Waals surface area contributed by atoms with Crippen molar-refractivity contribution in [3.8, 4) is 11.5 Å². The molecule has 0 saturated carbocycles. The maximum Gasteiger partial charge on any atom is 0.231 e. The summed E-state index contributed by atoms with van der Waals surface area (Å²) in [7, 11) is 0. The molecule has 0 aromatic heterocycles. The fraction of sp³-hybridized carbons (Fsp3) is 0.500. The van der Waals surface area contributed by atoms with Crippen LogP contribution in [-0.4, -0.2) is 18.4 Å². The van der Waals surface area contributed by atoms with Gasteiger partial charge in [0, 0.05) is 12.0 Å². The Labute approximate surface area is 95.0 Å². The third-order valence-corrected chi connectivity index (χ3v) is 2.98. The highest BCUT2D eigenvalue weighted by molar-refractivity contribution is 5.45. The monoisotopic (exact) mass is 223 g/mol. The maximum absolute atomic E-state index is 10.2. The maximum atomic E-state index is 10.2. The Balaban J connectivity index is 2.28. The molecule has 0 spiro atoms. The number of ether oxygens (including phenoxy) is 2. The average molecular weight is 223 g/mol. The fourth-order valence-corrected chi connectivity index (χ4v) is 1.65. The van der Waals surface area contributed by atoms with Gasteiger partial charge in [0.25, 0.3) is 0 Å². The van der Waals surface area contributed by atoms with E-state index in [4.69, 9.17) is 15.2 Å². The zero-order chi connectivity index (χ0) is 11.8. The molecule has 1 aliphatic rings. The minimum absolute atomic E-state index is 0.245. The Morgan fingerprint density at radius 1 is 1.38 bits per heavy atom. The molecule has 1 aromatic rings. The quantitative estimate of drug-likeness (QED) is 0.813. The number of hydrogen-bond acceptors (Lipinski definition) is 4. The molecule has 1 atom stereocenters. The van der Waals surface area contributed by atoms with Gasteiger partial charge in [0.1, 0.15) is 0 Å². The van der Waals surface area contributed by atoms with Crippen LogP contribution in [-0.2, 0) is 0 Å². The number of rotatable bonds is 3. The lowest BCUT2D eigenvalue weighted by atomic mass is 9.83. The zero-order valence-electron chi connectivity index (χ0n) is 9.56. The fourth-order valence-electron chi connectivity index (χ4n) is 1.65. The van der Waals surface area contributed by atoms with Gasteiger partial charge in [-0.3, -0.25) is 0 Å². The molecular formula is C12H17NO3. The van der Waals surface area contributed by atoms with Crippen LogP contribution in [0.1, 0.15) is 25.5 Å². The molecule has 4 heteroatoms. The van der Waals surface area contributed by atoms with Crippen LogP contribution in [0.2, 0.25) is 0 Å². The Morgan fingerprint density at radius 2 is 2.06 bits per heavy atom. The first kappa shape index (κ1) is 11.2. The van der Waals surface area contributed by atoms with Crippen molar-refractivity contribution < 1.29 is 14.6 Å². The zero-order valence-corrected chi connectivity index (χ0v) is 9.56. The summed E-state index contributed by atoms with van der Waals surface area (Å²) in [6.45, 7) is 4.53. The summed E-state index contributed by atoms with van der Waals surface area (Å²) in [5.41, 5.74) is 6.09. The molecule has 2 rings (SSSR count). The first-order valence-electron chi connectivity index (χ1n) is 5.32. The van der Waals surface area contributed by atoms with Gasteiger partial charge in [0.05, 0.1) is 6.10 Å². The van der Waals surface area contributed by atoms with E-state index in [2.05, 4.69) is 0 Å². The molecule has 0 fully saturated rings. The summed E-state index contributed by atoms with van der Waals surface area (Å²) >= 11 is 0. The molecule has 1 heterocycles. The lowest BCUT2D eigenvalue weighted by molar-refractivity contribution is 0.0553. The molecule has 1 aromatic carbocycles. The van der Waals surface area contributed by atoms with Crippen LogP contribution >= 0.6 is 0 Å². The summed E-state index contributed by atoms with van der Waals surface area (Å²) in [4.78, 5) is 0. The highest BCUT2D eigenvalue weighted by atomic mass is 16.7. The Morgan fingerprint density at radius 3 is 2.75 bits per heavy atom. The molecule has 1 aliphatic heterocycles. The van der Waals surface area contributed by atoms with Crippen LogP contribution in [0, 0.1) is 5.41 Å². The number of aliphatic hydroxyl groups is 1. The van der Waals surface area contributed by atoms with Crippen molar-refractivity contribution in [2.24, 2.45) is 11.1 Å². The van der Waals surface area contributed by atoms with Crippen molar-refractivity contribution in [2.75, 3.05) is 13.3 Å². The number of benzene rings is 1. The highest BCUT2D eigenvalue weighted by Crippen LogP contribution is 2.38. The van der Waals surface area contributed by atoms with Crippen LogP contribution in [0.15, 0.2) is 18.2 Å². The molecule has 0 amide bonds. The molecule has 0 aliphatic carbocycles. The second-order valence-corrected chi connectivity index (χ2v) is 4.71. The van der Waals surface area contributed by atoms with Crippen LogP contribution in [0.4, 0.5) is 0 Å². The van der Waals surface area contributed by atoms with Crippen molar-refractivity contribution in [1.82, 2.24) is 0 Å².